The minimum Gasteiger partial charge on any atom is -0.516 e. The monoisotopic (exact) mass is 300 g/mol. The van der Waals surface area contributed by atoms with Crippen molar-refractivity contribution in [2.75, 3.05) is 0 Å². The van der Waals surface area contributed by atoms with E-state index in [1.807, 2.05) is 0 Å². The Morgan fingerprint density at radius 1 is 1.59 bits per heavy atom. The molecule has 88 valence electrons. The van der Waals surface area contributed by atoms with Crippen molar-refractivity contribution in [2.24, 2.45) is 7.05 Å². The van der Waals surface area contributed by atoms with E-state index < -0.39 is 11.9 Å². The standard InChI is InChI=1S/C9H6BrFN4O2/c1-14-13-12-8(15(14)9(16)17)6-4-5(11)2-3-7(6)10/h2-4H,1H3. The lowest BCUT2D eigenvalue weighted by Gasteiger charge is -2.03. The number of carbonyl (C=O) groups excluding carboxylic acids is 1. The molecule has 17 heavy (non-hydrogen) atoms. The molecule has 0 atom stereocenters. The van der Waals surface area contributed by atoms with Crippen LogP contribution >= 0.6 is 15.9 Å². The molecule has 0 aliphatic carbocycles. The van der Waals surface area contributed by atoms with Crippen molar-refractivity contribution >= 4 is 22.0 Å². The number of hydrogen-bond donors (Lipinski definition) is 0. The third-order valence-electron chi connectivity index (χ3n) is 2.10. The third-order valence-corrected chi connectivity index (χ3v) is 2.79. The maximum atomic E-state index is 13.1. The van der Waals surface area contributed by atoms with Gasteiger partial charge >= 0.3 is 5.82 Å². The maximum Gasteiger partial charge on any atom is 0.339 e. The van der Waals surface area contributed by atoms with Gasteiger partial charge in [-0.1, -0.05) is 4.80 Å². The first-order chi connectivity index (χ1) is 8.00. The third kappa shape index (κ3) is 2.03. The van der Waals surface area contributed by atoms with Gasteiger partial charge in [0.25, 0.3) is 0 Å². The highest BCUT2D eigenvalue weighted by Gasteiger charge is 2.23. The fourth-order valence-corrected chi connectivity index (χ4v) is 1.79. The van der Waals surface area contributed by atoms with Gasteiger partial charge in [-0.15, -0.1) is 4.68 Å². The van der Waals surface area contributed by atoms with E-state index in [2.05, 4.69) is 26.2 Å². The van der Waals surface area contributed by atoms with E-state index in [9.17, 15) is 14.3 Å². The highest BCUT2D eigenvalue weighted by molar-refractivity contribution is 9.10. The Morgan fingerprint density at radius 3 is 2.94 bits per heavy atom. The fraction of sp³-hybridized carbons (Fsp3) is 0.111. The topological polar surface area (TPSA) is 74.7 Å². The van der Waals surface area contributed by atoms with Gasteiger partial charge in [0, 0.05) is 4.47 Å². The van der Waals surface area contributed by atoms with Crippen LogP contribution < -0.4 is 9.79 Å². The van der Waals surface area contributed by atoms with Gasteiger partial charge in [-0.2, -0.15) is 0 Å². The Labute approximate surface area is 103 Å². The molecule has 2 rings (SSSR count). The van der Waals surface area contributed by atoms with Crippen LogP contribution in [0.15, 0.2) is 22.7 Å². The maximum absolute atomic E-state index is 13.1. The average molecular weight is 301 g/mol. The summed E-state index contributed by atoms with van der Waals surface area (Å²) in [6, 6.07) is 3.86. The predicted molar refractivity (Wildman–Crippen MR) is 55.1 cm³/mol. The number of benzene rings is 1. The summed E-state index contributed by atoms with van der Waals surface area (Å²) in [5, 5.41) is 18.1. The van der Waals surface area contributed by atoms with E-state index in [0.29, 0.717) is 9.15 Å². The first-order valence-electron chi connectivity index (χ1n) is 4.49. The summed E-state index contributed by atoms with van der Waals surface area (Å²) in [4.78, 5) is 11.9. The molecule has 0 amide bonds. The molecular formula is C9H6BrFN4O2. The van der Waals surface area contributed by atoms with Gasteiger partial charge in [-0.05, 0) is 34.1 Å². The molecule has 1 aromatic heterocycles. The second-order valence-corrected chi connectivity index (χ2v) is 4.06. The molecule has 0 fully saturated rings. The molecule has 0 bridgehead atoms. The summed E-state index contributed by atoms with van der Waals surface area (Å²) in [5.41, 5.74) is 0.280. The number of aromatic nitrogens is 4. The largest absolute Gasteiger partial charge is 0.516 e. The molecule has 0 saturated carbocycles. The first kappa shape index (κ1) is 11.6. The minimum atomic E-state index is -1.50. The van der Waals surface area contributed by atoms with Crippen LogP contribution in [0.1, 0.15) is 0 Å². The van der Waals surface area contributed by atoms with Gasteiger partial charge < -0.3 is 9.90 Å². The minimum absolute atomic E-state index is 0.0149. The highest BCUT2D eigenvalue weighted by atomic mass is 79.9. The molecule has 0 aliphatic heterocycles. The second kappa shape index (κ2) is 4.21. The Kier molecular flexibility index (Phi) is 2.88. The molecule has 0 radical (unpaired) electrons. The Morgan fingerprint density at radius 2 is 2.29 bits per heavy atom. The molecule has 8 heteroatoms. The summed E-state index contributed by atoms with van der Waals surface area (Å²) in [6.07, 6.45) is -1.50. The summed E-state index contributed by atoms with van der Waals surface area (Å²) in [6.45, 7) is 0. The van der Waals surface area contributed by atoms with Gasteiger partial charge in [0.05, 0.1) is 12.6 Å². The zero-order valence-corrected chi connectivity index (χ0v) is 10.2. The SMILES string of the molecule is Cn1nnc(-c2cc(F)ccc2Br)[n+]1C(=O)[O-]. The van der Waals surface area contributed by atoms with Crippen LogP contribution in [-0.2, 0) is 7.05 Å². The van der Waals surface area contributed by atoms with Crippen LogP contribution in [0.25, 0.3) is 11.4 Å². The Hall–Kier alpha value is -1.83. The number of halogens is 2. The van der Waals surface area contributed by atoms with Gasteiger partial charge in [0.2, 0.25) is 6.09 Å². The predicted octanol–water partition coefficient (Wildman–Crippen LogP) is -0.137. The summed E-state index contributed by atoms with van der Waals surface area (Å²) < 4.78 is 14.3. The fourth-order valence-electron chi connectivity index (χ4n) is 1.37. The number of tetrazole rings is 1. The van der Waals surface area contributed by atoms with E-state index in [4.69, 9.17) is 0 Å². The van der Waals surface area contributed by atoms with Crippen LogP contribution in [0, 0.1) is 5.82 Å². The van der Waals surface area contributed by atoms with Crippen molar-refractivity contribution in [3.8, 4) is 11.4 Å². The Bertz CT molecular complexity index is 599. The van der Waals surface area contributed by atoms with E-state index in [-0.39, 0.29) is 11.4 Å². The molecular weight excluding hydrogens is 295 g/mol. The highest BCUT2D eigenvalue weighted by Crippen LogP contribution is 2.24. The summed E-state index contributed by atoms with van der Waals surface area (Å²) >= 11 is 3.19. The normalized spacial score (nSPS) is 10.5. The van der Waals surface area contributed by atoms with Crippen LogP contribution in [0.5, 0.6) is 0 Å². The second-order valence-electron chi connectivity index (χ2n) is 3.20. The van der Waals surface area contributed by atoms with Gasteiger partial charge in [-0.3, -0.25) is 0 Å². The van der Waals surface area contributed by atoms with Gasteiger partial charge in [0.15, 0.2) is 5.21 Å². The van der Waals surface area contributed by atoms with Crippen molar-refractivity contribution in [1.82, 2.24) is 15.1 Å². The molecule has 0 unspecified atom stereocenters. The number of carbonyl (C=O) groups is 1. The smallest absolute Gasteiger partial charge is 0.339 e. The number of hydrogen-bond acceptors (Lipinski definition) is 4. The van der Waals surface area contributed by atoms with Crippen molar-refractivity contribution in [3.63, 3.8) is 0 Å². The van der Waals surface area contributed by atoms with Crippen LogP contribution in [0.3, 0.4) is 0 Å². The average Bonchev–Trinajstić information content (AvgIpc) is 2.64. The molecule has 0 aliphatic rings. The van der Waals surface area contributed by atoms with E-state index >= 15 is 0 Å². The van der Waals surface area contributed by atoms with E-state index in [1.165, 1.54) is 19.2 Å². The van der Waals surface area contributed by atoms with E-state index in [1.54, 1.807) is 0 Å². The number of nitrogens with zero attached hydrogens (tertiary/aromatic N) is 4. The van der Waals surface area contributed by atoms with Crippen molar-refractivity contribution in [1.29, 1.82) is 0 Å². The molecule has 1 heterocycles. The van der Waals surface area contributed by atoms with Crippen LogP contribution in [0.2, 0.25) is 0 Å². The lowest BCUT2D eigenvalue weighted by Crippen LogP contribution is -2.58. The lowest BCUT2D eigenvalue weighted by molar-refractivity contribution is -0.699. The lowest BCUT2D eigenvalue weighted by atomic mass is 10.2. The summed E-state index contributed by atoms with van der Waals surface area (Å²) in [5.74, 6) is -0.516. The molecule has 6 nitrogen and oxygen atoms in total. The number of carboxylic acid groups (broad SMARTS) is 1. The van der Waals surface area contributed by atoms with Crippen LogP contribution in [0.4, 0.5) is 9.18 Å². The molecule has 2 aromatic rings. The quantitative estimate of drug-likeness (QED) is 0.543. The number of rotatable bonds is 1. The van der Waals surface area contributed by atoms with Crippen molar-refractivity contribution < 1.29 is 19.0 Å². The van der Waals surface area contributed by atoms with Gasteiger partial charge in [0.1, 0.15) is 10.9 Å². The van der Waals surface area contributed by atoms with Crippen LogP contribution in [-0.4, -0.2) is 21.2 Å². The molecule has 0 N–H and O–H groups in total. The molecule has 0 saturated heterocycles. The summed E-state index contributed by atoms with van der Waals surface area (Å²) in [7, 11) is 1.39. The zero-order chi connectivity index (χ0) is 12.6. The first-order valence-corrected chi connectivity index (χ1v) is 5.29. The zero-order valence-electron chi connectivity index (χ0n) is 8.59. The van der Waals surface area contributed by atoms with Crippen molar-refractivity contribution in [3.05, 3.63) is 28.5 Å². The Balaban J connectivity index is 2.68. The van der Waals surface area contributed by atoms with Crippen molar-refractivity contribution in [2.45, 2.75) is 0 Å². The molecule has 0 spiro atoms. The van der Waals surface area contributed by atoms with Gasteiger partial charge in [-0.25, -0.2) is 4.39 Å². The molecule has 1 aromatic carbocycles. The van der Waals surface area contributed by atoms with E-state index in [0.717, 1.165) is 10.9 Å². The number of aryl methyl sites for hydroxylation is 1.